The Balaban J connectivity index is 2.14. The maximum Gasteiger partial charge on any atom is 0.241 e. The van der Waals surface area contributed by atoms with Crippen molar-refractivity contribution in [1.29, 1.82) is 0 Å². The van der Waals surface area contributed by atoms with E-state index < -0.39 is 0 Å². The number of nitrogens with zero attached hydrogens (tertiary/aromatic N) is 1. The van der Waals surface area contributed by atoms with E-state index in [1.54, 1.807) is 0 Å². The van der Waals surface area contributed by atoms with Gasteiger partial charge in [-0.15, -0.1) is 0 Å². The maximum atomic E-state index is 3.03. The lowest BCUT2D eigenvalue weighted by Crippen LogP contribution is -2.30. The molecular formula is C9H17N2+. The van der Waals surface area contributed by atoms with Gasteiger partial charge >= 0.3 is 0 Å². The van der Waals surface area contributed by atoms with Crippen molar-refractivity contribution in [3.63, 3.8) is 0 Å². The first-order chi connectivity index (χ1) is 5.29. The first-order valence-electron chi connectivity index (χ1n) is 4.31. The molecule has 62 valence electrons. The highest BCUT2D eigenvalue weighted by Crippen LogP contribution is 2.02. The molecule has 1 N–H and O–H groups in total. The van der Waals surface area contributed by atoms with Gasteiger partial charge in [-0.05, 0) is 18.8 Å². The summed E-state index contributed by atoms with van der Waals surface area (Å²) in [5.41, 5.74) is 0. The van der Waals surface area contributed by atoms with E-state index in [9.17, 15) is 0 Å². The third-order valence-corrected chi connectivity index (χ3v) is 1.80. The second kappa shape index (κ2) is 4.16. The molecule has 11 heavy (non-hydrogen) atoms. The fourth-order valence-electron chi connectivity index (χ4n) is 1.14. The molecule has 0 atom stereocenters. The summed E-state index contributed by atoms with van der Waals surface area (Å²) in [6.45, 7) is 5.67. The van der Waals surface area contributed by atoms with Crippen LogP contribution in [-0.4, -0.2) is 4.98 Å². The van der Waals surface area contributed by atoms with Crippen molar-refractivity contribution in [1.82, 2.24) is 4.98 Å². The van der Waals surface area contributed by atoms with Crippen LogP contribution in [0.15, 0.2) is 18.7 Å². The van der Waals surface area contributed by atoms with Crippen LogP contribution in [0.25, 0.3) is 0 Å². The molecule has 0 amide bonds. The molecule has 0 unspecified atom stereocenters. The first-order valence-corrected chi connectivity index (χ1v) is 4.31. The second-order valence-electron chi connectivity index (χ2n) is 3.39. The minimum absolute atomic E-state index is 0.828. The largest absolute Gasteiger partial charge is 0.250 e. The van der Waals surface area contributed by atoms with Crippen molar-refractivity contribution < 1.29 is 4.57 Å². The van der Waals surface area contributed by atoms with Crippen LogP contribution >= 0.6 is 0 Å². The number of nitrogens with one attached hydrogen (secondary N) is 1. The van der Waals surface area contributed by atoms with Gasteiger partial charge < -0.3 is 0 Å². The number of aryl methyl sites for hydroxylation is 1. The van der Waals surface area contributed by atoms with Crippen molar-refractivity contribution in [2.45, 2.75) is 33.2 Å². The van der Waals surface area contributed by atoms with E-state index in [2.05, 4.69) is 29.6 Å². The predicted molar refractivity (Wildman–Crippen MR) is 45.1 cm³/mol. The zero-order chi connectivity index (χ0) is 8.10. The van der Waals surface area contributed by atoms with E-state index in [0.29, 0.717) is 0 Å². The van der Waals surface area contributed by atoms with Crippen molar-refractivity contribution in [2.75, 3.05) is 0 Å². The van der Waals surface area contributed by atoms with Gasteiger partial charge in [0.15, 0.2) is 0 Å². The van der Waals surface area contributed by atoms with E-state index >= 15 is 0 Å². The fourth-order valence-corrected chi connectivity index (χ4v) is 1.14. The molecule has 0 saturated heterocycles. The second-order valence-corrected chi connectivity index (χ2v) is 3.39. The molecule has 2 heteroatoms. The van der Waals surface area contributed by atoms with Gasteiger partial charge in [0.1, 0.15) is 12.4 Å². The molecule has 0 aromatic carbocycles. The Morgan fingerprint density at radius 3 is 2.82 bits per heavy atom. The van der Waals surface area contributed by atoms with Gasteiger partial charge in [0, 0.05) is 0 Å². The zero-order valence-electron chi connectivity index (χ0n) is 7.38. The summed E-state index contributed by atoms with van der Waals surface area (Å²) < 4.78 is 2.18. The highest BCUT2D eigenvalue weighted by Gasteiger charge is 1.97. The highest BCUT2D eigenvalue weighted by atomic mass is 15.0. The van der Waals surface area contributed by atoms with Gasteiger partial charge in [0.2, 0.25) is 6.33 Å². The molecule has 1 rings (SSSR count). The molecule has 0 fully saturated rings. The summed E-state index contributed by atoms with van der Waals surface area (Å²) >= 11 is 0. The lowest BCUT2D eigenvalue weighted by molar-refractivity contribution is -0.696. The van der Waals surface area contributed by atoms with Gasteiger partial charge in [-0.25, -0.2) is 4.57 Å². The maximum absolute atomic E-state index is 3.03. The summed E-state index contributed by atoms with van der Waals surface area (Å²) in [7, 11) is 0. The van der Waals surface area contributed by atoms with E-state index in [4.69, 9.17) is 0 Å². The number of hydrogen-bond donors (Lipinski definition) is 1. The lowest BCUT2D eigenvalue weighted by Gasteiger charge is -2.00. The first kappa shape index (κ1) is 8.31. The zero-order valence-corrected chi connectivity index (χ0v) is 7.38. The Morgan fingerprint density at radius 2 is 2.27 bits per heavy atom. The molecule has 1 aromatic rings. The number of imidazole rings is 1. The van der Waals surface area contributed by atoms with Gasteiger partial charge in [0.25, 0.3) is 0 Å². The van der Waals surface area contributed by atoms with Gasteiger partial charge in [-0.2, -0.15) is 0 Å². The molecule has 0 spiro atoms. The number of hydrogen-bond acceptors (Lipinski definition) is 0. The molecule has 0 saturated carbocycles. The van der Waals surface area contributed by atoms with Gasteiger partial charge in [-0.1, -0.05) is 13.8 Å². The Bertz CT molecular complexity index is 177. The van der Waals surface area contributed by atoms with Crippen LogP contribution in [0.2, 0.25) is 0 Å². The SMILES string of the molecule is CC(C)CCC[n+]1cc[nH]c1. The molecule has 1 aromatic heterocycles. The van der Waals surface area contributed by atoms with Gasteiger partial charge in [-0.3, -0.25) is 4.98 Å². The van der Waals surface area contributed by atoms with Crippen molar-refractivity contribution in [3.8, 4) is 0 Å². The molecule has 0 bridgehead atoms. The highest BCUT2D eigenvalue weighted by molar-refractivity contribution is 4.55. The molecule has 1 heterocycles. The quantitative estimate of drug-likeness (QED) is 0.636. The minimum atomic E-state index is 0.828. The average molecular weight is 153 g/mol. The number of aromatic amines is 1. The third-order valence-electron chi connectivity index (χ3n) is 1.80. The topological polar surface area (TPSA) is 19.7 Å². The normalized spacial score (nSPS) is 10.8. The summed E-state index contributed by atoms with van der Waals surface area (Å²) in [4.78, 5) is 3.03. The summed E-state index contributed by atoms with van der Waals surface area (Å²) in [5, 5.41) is 0. The Kier molecular flexibility index (Phi) is 3.14. The molecule has 0 aliphatic heterocycles. The standard InChI is InChI=1S/C9H16N2/c1-9(2)4-3-6-11-7-5-10-8-11/h5,7-9H,3-4,6H2,1-2H3/p+1. The van der Waals surface area contributed by atoms with Crippen LogP contribution in [0, 0.1) is 5.92 Å². The van der Waals surface area contributed by atoms with Crippen LogP contribution < -0.4 is 4.57 Å². The van der Waals surface area contributed by atoms with Crippen LogP contribution in [0.1, 0.15) is 26.7 Å². The Labute approximate surface area is 68.3 Å². The average Bonchev–Trinajstić information content (AvgIpc) is 2.39. The number of rotatable bonds is 4. The van der Waals surface area contributed by atoms with Crippen LogP contribution in [0.4, 0.5) is 0 Å². The predicted octanol–water partition coefficient (Wildman–Crippen LogP) is 1.74. The number of H-pyrrole nitrogens is 1. The van der Waals surface area contributed by atoms with Crippen LogP contribution in [0.5, 0.6) is 0 Å². The summed E-state index contributed by atoms with van der Waals surface area (Å²) in [6, 6.07) is 0. The molecule has 0 aliphatic carbocycles. The van der Waals surface area contributed by atoms with E-state index in [-0.39, 0.29) is 0 Å². The van der Waals surface area contributed by atoms with Gasteiger partial charge in [0.05, 0.1) is 6.54 Å². The van der Waals surface area contributed by atoms with E-state index in [0.717, 1.165) is 12.5 Å². The van der Waals surface area contributed by atoms with Crippen LogP contribution in [0.3, 0.4) is 0 Å². The third kappa shape index (κ3) is 3.21. The van der Waals surface area contributed by atoms with E-state index in [1.165, 1.54) is 12.8 Å². The summed E-state index contributed by atoms with van der Waals surface area (Å²) in [5.74, 6) is 0.828. The Hall–Kier alpha value is -0.790. The molecule has 2 nitrogen and oxygen atoms in total. The number of aromatic nitrogens is 2. The molecular weight excluding hydrogens is 136 g/mol. The minimum Gasteiger partial charge on any atom is -0.250 e. The molecule has 0 radical (unpaired) electrons. The lowest BCUT2D eigenvalue weighted by atomic mass is 10.1. The van der Waals surface area contributed by atoms with Crippen molar-refractivity contribution in [2.24, 2.45) is 5.92 Å². The smallest absolute Gasteiger partial charge is 0.241 e. The van der Waals surface area contributed by atoms with Crippen molar-refractivity contribution in [3.05, 3.63) is 18.7 Å². The van der Waals surface area contributed by atoms with Crippen LogP contribution in [-0.2, 0) is 6.54 Å². The van der Waals surface area contributed by atoms with Crippen molar-refractivity contribution >= 4 is 0 Å². The summed E-state index contributed by atoms with van der Waals surface area (Å²) in [6.07, 6.45) is 8.62. The Morgan fingerprint density at radius 1 is 1.45 bits per heavy atom. The monoisotopic (exact) mass is 153 g/mol. The van der Waals surface area contributed by atoms with E-state index in [1.807, 2.05) is 12.5 Å². The fraction of sp³-hybridized carbons (Fsp3) is 0.667. The molecule has 0 aliphatic rings.